The van der Waals surface area contributed by atoms with Crippen LogP contribution in [0.1, 0.15) is 24.0 Å². The smallest absolute Gasteiger partial charge is 0.387 e. The molecule has 0 saturated carbocycles. The van der Waals surface area contributed by atoms with Crippen LogP contribution in [-0.2, 0) is 17.8 Å². The number of alkyl halides is 2. The third kappa shape index (κ3) is 7.44. The van der Waals surface area contributed by atoms with Crippen molar-refractivity contribution >= 4 is 41.5 Å². The Hall–Kier alpha value is -2.63. The lowest BCUT2D eigenvalue weighted by atomic mass is 10.2. The fourth-order valence-electron chi connectivity index (χ4n) is 3.61. The van der Waals surface area contributed by atoms with E-state index in [1.165, 1.54) is 18.7 Å². The molecule has 3 rings (SSSR count). The van der Waals surface area contributed by atoms with Crippen LogP contribution in [0.15, 0.2) is 47.5 Å². The van der Waals surface area contributed by atoms with E-state index in [0.717, 1.165) is 18.7 Å². The van der Waals surface area contributed by atoms with Crippen LogP contribution in [0.25, 0.3) is 0 Å². The first-order valence-electron chi connectivity index (χ1n) is 10.5. The molecular formula is C23H29F2IN4O3. The van der Waals surface area contributed by atoms with Crippen molar-refractivity contribution in [2.45, 2.75) is 32.4 Å². The normalized spacial score (nSPS) is 12.8. The number of hydrogen-bond acceptors (Lipinski definition) is 4. The average Bonchev–Trinajstić information content (AvgIpc) is 3.23. The van der Waals surface area contributed by atoms with Crippen LogP contribution in [0.4, 0.5) is 14.5 Å². The Labute approximate surface area is 209 Å². The fraction of sp³-hybridized carbons (Fsp3) is 0.391. The summed E-state index contributed by atoms with van der Waals surface area (Å²) >= 11 is 0. The van der Waals surface area contributed by atoms with Gasteiger partial charge in [0.05, 0.1) is 7.11 Å². The molecule has 1 aliphatic heterocycles. The number of anilines is 1. The molecule has 0 unspecified atom stereocenters. The molecule has 0 bridgehead atoms. The zero-order valence-corrected chi connectivity index (χ0v) is 21.0. The average molecular weight is 574 g/mol. The van der Waals surface area contributed by atoms with Crippen LogP contribution in [0.5, 0.6) is 11.5 Å². The minimum absolute atomic E-state index is 0. The summed E-state index contributed by atoms with van der Waals surface area (Å²) in [6.07, 6.45) is 1.94. The van der Waals surface area contributed by atoms with Gasteiger partial charge in [-0.15, -0.1) is 24.0 Å². The number of halogens is 3. The Morgan fingerprint density at radius 2 is 2.00 bits per heavy atom. The summed E-state index contributed by atoms with van der Waals surface area (Å²) in [4.78, 5) is 18.6. The Morgan fingerprint density at radius 3 is 2.73 bits per heavy atom. The molecule has 0 radical (unpaired) electrons. The molecule has 180 valence electrons. The molecular weight excluding hydrogens is 545 g/mol. The van der Waals surface area contributed by atoms with Crippen LogP contribution in [0.2, 0.25) is 0 Å². The zero-order chi connectivity index (χ0) is 22.9. The molecule has 0 aliphatic carbocycles. The monoisotopic (exact) mass is 574 g/mol. The van der Waals surface area contributed by atoms with Gasteiger partial charge in [-0.3, -0.25) is 9.79 Å². The molecule has 2 aromatic carbocycles. The first-order valence-corrected chi connectivity index (χ1v) is 10.5. The lowest BCUT2D eigenvalue weighted by Gasteiger charge is -2.18. The Bertz CT molecular complexity index is 959. The van der Waals surface area contributed by atoms with Gasteiger partial charge in [0.25, 0.3) is 0 Å². The number of benzene rings is 2. The number of aliphatic imine (C=N–C) groups is 1. The number of nitrogens with one attached hydrogen (secondary N) is 2. The van der Waals surface area contributed by atoms with E-state index < -0.39 is 6.61 Å². The quantitative estimate of drug-likeness (QED) is 0.206. The predicted octanol–water partition coefficient (Wildman–Crippen LogP) is 3.95. The van der Waals surface area contributed by atoms with E-state index in [9.17, 15) is 13.6 Å². The first kappa shape index (κ1) is 26.6. The number of rotatable bonds is 9. The van der Waals surface area contributed by atoms with Gasteiger partial charge in [-0.1, -0.05) is 18.2 Å². The van der Waals surface area contributed by atoms with Crippen molar-refractivity contribution in [2.75, 3.05) is 32.1 Å². The van der Waals surface area contributed by atoms with Crippen molar-refractivity contribution in [3.05, 3.63) is 53.6 Å². The van der Waals surface area contributed by atoms with E-state index in [2.05, 4.69) is 26.4 Å². The lowest BCUT2D eigenvalue weighted by Crippen LogP contribution is -2.38. The van der Waals surface area contributed by atoms with Gasteiger partial charge in [0, 0.05) is 44.4 Å². The standard InChI is InChI=1S/C23H28F2N4O3.HI/c1-26-23(28-15-17-14-18(31-2)9-10-20(17)32-22(24)25)27-12-5-8-21(30)29-13-11-16-6-3-4-7-19(16)29;/h3-4,6-7,9-10,14,22H,5,8,11-13,15H2,1-2H3,(H2,26,27,28);1H. The first-order chi connectivity index (χ1) is 15.5. The van der Waals surface area contributed by atoms with Crippen LogP contribution < -0.4 is 25.0 Å². The molecule has 1 heterocycles. The third-order valence-corrected chi connectivity index (χ3v) is 5.20. The zero-order valence-electron chi connectivity index (χ0n) is 18.6. The van der Waals surface area contributed by atoms with Gasteiger partial charge in [0.1, 0.15) is 11.5 Å². The molecule has 1 amide bonds. The highest BCUT2D eigenvalue weighted by Gasteiger charge is 2.23. The largest absolute Gasteiger partial charge is 0.497 e. The Morgan fingerprint density at radius 1 is 1.21 bits per heavy atom. The molecule has 33 heavy (non-hydrogen) atoms. The van der Waals surface area contributed by atoms with Crippen molar-refractivity contribution in [1.29, 1.82) is 0 Å². The number of methoxy groups -OCH3 is 1. The maximum atomic E-state index is 12.7. The van der Waals surface area contributed by atoms with E-state index in [4.69, 9.17) is 4.74 Å². The number of carbonyl (C=O) groups is 1. The van der Waals surface area contributed by atoms with Gasteiger partial charge < -0.3 is 25.0 Å². The molecule has 0 aromatic heterocycles. The number of para-hydroxylation sites is 1. The van der Waals surface area contributed by atoms with Gasteiger partial charge in [-0.05, 0) is 42.7 Å². The predicted molar refractivity (Wildman–Crippen MR) is 135 cm³/mol. The molecule has 10 heteroatoms. The van der Waals surface area contributed by atoms with E-state index in [-0.39, 0.29) is 42.2 Å². The number of fused-ring (bicyclic) bond motifs is 1. The number of nitrogens with zero attached hydrogens (tertiary/aromatic N) is 2. The van der Waals surface area contributed by atoms with Crippen molar-refractivity contribution < 1.29 is 23.0 Å². The summed E-state index contributed by atoms with van der Waals surface area (Å²) in [5, 5.41) is 6.21. The molecule has 0 saturated heterocycles. The lowest BCUT2D eigenvalue weighted by molar-refractivity contribution is -0.118. The summed E-state index contributed by atoms with van der Waals surface area (Å²) in [6, 6.07) is 12.6. The summed E-state index contributed by atoms with van der Waals surface area (Å²) in [6.45, 7) is -1.44. The second-order valence-corrected chi connectivity index (χ2v) is 7.23. The molecule has 7 nitrogen and oxygen atoms in total. The Balaban J connectivity index is 0.00000385. The SMILES string of the molecule is CN=C(NCCCC(=O)N1CCc2ccccc21)NCc1cc(OC)ccc1OC(F)F.I. The number of ether oxygens (including phenoxy) is 2. The van der Waals surface area contributed by atoms with Crippen LogP contribution in [-0.4, -0.2) is 45.7 Å². The van der Waals surface area contributed by atoms with Crippen LogP contribution >= 0.6 is 24.0 Å². The van der Waals surface area contributed by atoms with Gasteiger partial charge in [-0.2, -0.15) is 8.78 Å². The number of carbonyl (C=O) groups excluding carboxylic acids is 1. The van der Waals surface area contributed by atoms with Gasteiger partial charge in [0.15, 0.2) is 5.96 Å². The van der Waals surface area contributed by atoms with Crippen molar-refractivity contribution in [1.82, 2.24) is 10.6 Å². The van der Waals surface area contributed by atoms with E-state index in [0.29, 0.717) is 36.7 Å². The molecule has 0 fully saturated rings. The number of guanidine groups is 1. The maximum Gasteiger partial charge on any atom is 0.387 e. The summed E-state index contributed by atoms with van der Waals surface area (Å²) in [5.74, 6) is 1.20. The second kappa shape index (κ2) is 13.2. The van der Waals surface area contributed by atoms with Crippen LogP contribution in [0.3, 0.4) is 0 Å². The third-order valence-electron chi connectivity index (χ3n) is 5.20. The highest BCUT2D eigenvalue weighted by atomic mass is 127. The van der Waals surface area contributed by atoms with E-state index in [1.807, 2.05) is 23.1 Å². The fourth-order valence-corrected chi connectivity index (χ4v) is 3.61. The van der Waals surface area contributed by atoms with Crippen molar-refractivity contribution in [3.63, 3.8) is 0 Å². The summed E-state index contributed by atoms with van der Waals surface area (Å²) < 4.78 is 35.1. The van der Waals surface area contributed by atoms with Gasteiger partial charge >= 0.3 is 6.61 Å². The van der Waals surface area contributed by atoms with Crippen molar-refractivity contribution in [3.8, 4) is 11.5 Å². The molecule has 0 spiro atoms. The summed E-state index contributed by atoms with van der Waals surface area (Å²) in [7, 11) is 3.12. The van der Waals surface area contributed by atoms with Crippen LogP contribution in [0, 0.1) is 0 Å². The number of hydrogen-bond donors (Lipinski definition) is 2. The van der Waals surface area contributed by atoms with Gasteiger partial charge in [0.2, 0.25) is 5.91 Å². The molecule has 2 N–H and O–H groups in total. The van der Waals surface area contributed by atoms with Gasteiger partial charge in [-0.25, -0.2) is 0 Å². The minimum atomic E-state index is -2.92. The van der Waals surface area contributed by atoms with E-state index in [1.54, 1.807) is 19.2 Å². The highest BCUT2D eigenvalue weighted by molar-refractivity contribution is 14.0. The molecule has 2 aromatic rings. The minimum Gasteiger partial charge on any atom is -0.497 e. The maximum absolute atomic E-state index is 12.7. The molecule has 1 aliphatic rings. The van der Waals surface area contributed by atoms with E-state index >= 15 is 0 Å². The van der Waals surface area contributed by atoms with Crippen molar-refractivity contribution in [2.24, 2.45) is 4.99 Å². The topological polar surface area (TPSA) is 75.2 Å². The summed E-state index contributed by atoms with van der Waals surface area (Å²) in [5.41, 5.74) is 2.72. The Kier molecular flexibility index (Phi) is 10.6. The number of amides is 1. The molecule has 0 atom stereocenters. The second-order valence-electron chi connectivity index (χ2n) is 7.23. The highest BCUT2D eigenvalue weighted by Crippen LogP contribution is 2.28.